The van der Waals surface area contributed by atoms with Crippen molar-refractivity contribution in [2.75, 3.05) is 13.3 Å². The largest absolute Gasteiger partial charge is 0.454 e. The molecule has 0 radical (unpaired) electrons. The number of imidazole rings is 1. The van der Waals surface area contributed by atoms with Gasteiger partial charge in [-0.05, 0) is 12.1 Å². The van der Waals surface area contributed by atoms with Gasteiger partial charge in [0.1, 0.15) is 5.82 Å². The predicted octanol–water partition coefficient (Wildman–Crippen LogP) is 2.08. The lowest BCUT2D eigenvalue weighted by molar-refractivity contribution is -0.384. The SMILES string of the molecule is O=C1NCCn2c(-c3cc4c(cc3[N+](=O)[O-])OCO4)nc3cccc1c32. The number of aromatic nitrogens is 2. The van der Waals surface area contributed by atoms with Crippen LogP contribution in [0.3, 0.4) is 0 Å². The molecule has 0 fully saturated rings. The van der Waals surface area contributed by atoms with Crippen LogP contribution in [0, 0.1) is 10.1 Å². The summed E-state index contributed by atoms with van der Waals surface area (Å²) >= 11 is 0. The standard InChI is InChI=1S/C17H12N4O5/c22-17-9-2-1-3-11-15(9)20(5-4-18-17)16(19-11)10-6-13-14(26-8-25-13)7-12(10)21(23)24/h1-3,6-7H,4-5,8H2,(H,18,22). The lowest BCUT2D eigenvalue weighted by Crippen LogP contribution is -2.24. The first-order chi connectivity index (χ1) is 12.6. The molecule has 0 aliphatic carbocycles. The molecule has 2 aliphatic rings. The molecule has 9 heteroatoms. The van der Waals surface area contributed by atoms with E-state index >= 15 is 0 Å². The fraction of sp³-hybridized carbons (Fsp3) is 0.176. The Balaban J connectivity index is 1.83. The van der Waals surface area contributed by atoms with Crippen LogP contribution in [-0.2, 0) is 6.54 Å². The first-order valence-corrected chi connectivity index (χ1v) is 7.99. The van der Waals surface area contributed by atoms with E-state index in [-0.39, 0.29) is 18.4 Å². The number of carbonyl (C=O) groups excluding carboxylic acids is 1. The van der Waals surface area contributed by atoms with E-state index < -0.39 is 4.92 Å². The average Bonchev–Trinajstić information content (AvgIpc) is 3.19. The average molecular weight is 352 g/mol. The van der Waals surface area contributed by atoms with Gasteiger partial charge in [0.2, 0.25) is 6.79 Å². The predicted molar refractivity (Wildman–Crippen MR) is 90.3 cm³/mol. The summed E-state index contributed by atoms with van der Waals surface area (Å²) in [7, 11) is 0. The first-order valence-electron chi connectivity index (χ1n) is 7.99. The van der Waals surface area contributed by atoms with Gasteiger partial charge in [-0.3, -0.25) is 14.9 Å². The Kier molecular flexibility index (Phi) is 2.93. The van der Waals surface area contributed by atoms with Gasteiger partial charge >= 0.3 is 0 Å². The third-order valence-electron chi connectivity index (χ3n) is 4.56. The molecule has 0 saturated carbocycles. The maximum Gasteiger partial charge on any atom is 0.284 e. The highest BCUT2D eigenvalue weighted by Gasteiger charge is 2.29. The number of nitro groups is 1. The molecule has 1 amide bonds. The second-order valence-electron chi connectivity index (χ2n) is 6.00. The molecule has 9 nitrogen and oxygen atoms in total. The number of fused-ring (bicyclic) bond motifs is 1. The van der Waals surface area contributed by atoms with Crippen molar-refractivity contribution < 1.29 is 19.2 Å². The third kappa shape index (κ3) is 1.97. The van der Waals surface area contributed by atoms with E-state index in [1.807, 2.05) is 4.57 Å². The first kappa shape index (κ1) is 14.7. The van der Waals surface area contributed by atoms with Crippen LogP contribution in [0.5, 0.6) is 11.5 Å². The Labute approximate surface area is 146 Å². The van der Waals surface area contributed by atoms with E-state index in [1.54, 1.807) is 24.3 Å². The number of benzene rings is 2. The summed E-state index contributed by atoms with van der Waals surface area (Å²) in [6.07, 6.45) is 0. The summed E-state index contributed by atoms with van der Waals surface area (Å²) in [4.78, 5) is 28.0. The minimum Gasteiger partial charge on any atom is -0.454 e. The zero-order chi connectivity index (χ0) is 17.8. The van der Waals surface area contributed by atoms with Gasteiger partial charge in [-0.25, -0.2) is 4.98 Å². The van der Waals surface area contributed by atoms with E-state index in [0.29, 0.717) is 52.6 Å². The minimum atomic E-state index is -0.467. The van der Waals surface area contributed by atoms with Crippen LogP contribution in [0.25, 0.3) is 22.4 Å². The third-order valence-corrected chi connectivity index (χ3v) is 4.56. The normalized spacial score (nSPS) is 15.0. The summed E-state index contributed by atoms with van der Waals surface area (Å²) in [6.45, 7) is 0.888. The molecule has 0 bridgehead atoms. The molecule has 0 spiro atoms. The summed E-state index contributed by atoms with van der Waals surface area (Å²) in [5, 5.41) is 14.4. The van der Waals surface area contributed by atoms with E-state index in [1.165, 1.54) is 6.07 Å². The maximum absolute atomic E-state index is 12.3. The van der Waals surface area contributed by atoms with E-state index in [0.717, 1.165) is 0 Å². The van der Waals surface area contributed by atoms with Gasteiger partial charge in [0.25, 0.3) is 11.6 Å². The molecule has 0 saturated heterocycles. The molecule has 3 aromatic rings. The number of carbonyl (C=O) groups is 1. The van der Waals surface area contributed by atoms with Crippen molar-refractivity contribution in [1.29, 1.82) is 0 Å². The number of hydrogen-bond donors (Lipinski definition) is 1. The Morgan fingerprint density at radius 3 is 2.81 bits per heavy atom. The van der Waals surface area contributed by atoms with Crippen molar-refractivity contribution >= 4 is 22.6 Å². The van der Waals surface area contributed by atoms with Gasteiger partial charge < -0.3 is 19.4 Å². The fourth-order valence-electron chi connectivity index (χ4n) is 3.43. The van der Waals surface area contributed by atoms with Gasteiger partial charge in [-0.1, -0.05) is 6.07 Å². The van der Waals surface area contributed by atoms with Crippen LogP contribution in [0.15, 0.2) is 30.3 Å². The van der Waals surface area contributed by atoms with Crippen LogP contribution < -0.4 is 14.8 Å². The number of nitrogens with one attached hydrogen (secondary N) is 1. The van der Waals surface area contributed by atoms with Gasteiger partial charge in [0.05, 0.1) is 33.1 Å². The second-order valence-corrected chi connectivity index (χ2v) is 6.00. The highest BCUT2D eigenvalue weighted by atomic mass is 16.7. The number of hydrogen-bond acceptors (Lipinski definition) is 6. The van der Waals surface area contributed by atoms with Gasteiger partial charge in [0.15, 0.2) is 11.5 Å². The molecule has 0 atom stereocenters. The zero-order valence-electron chi connectivity index (χ0n) is 13.4. The number of amides is 1. The number of nitro benzene ring substituents is 1. The Hall–Kier alpha value is -3.62. The van der Waals surface area contributed by atoms with E-state index in [9.17, 15) is 14.9 Å². The molecular weight excluding hydrogens is 340 g/mol. The zero-order valence-corrected chi connectivity index (χ0v) is 13.4. The van der Waals surface area contributed by atoms with Crippen molar-refractivity contribution in [3.8, 4) is 22.9 Å². The second kappa shape index (κ2) is 5.19. The number of nitrogens with zero attached hydrogens (tertiary/aromatic N) is 3. The van der Waals surface area contributed by atoms with Crippen molar-refractivity contribution in [3.05, 3.63) is 46.0 Å². The Bertz CT molecular complexity index is 1100. The maximum atomic E-state index is 12.3. The van der Waals surface area contributed by atoms with Crippen LogP contribution in [0.4, 0.5) is 5.69 Å². The van der Waals surface area contributed by atoms with Crippen LogP contribution in [-0.4, -0.2) is 33.7 Å². The highest BCUT2D eigenvalue weighted by Crippen LogP contribution is 2.43. The van der Waals surface area contributed by atoms with E-state index in [4.69, 9.17) is 9.47 Å². The number of para-hydroxylation sites is 1. The Morgan fingerprint density at radius 1 is 1.19 bits per heavy atom. The number of rotatable bonds is 2. The molecule has 130 valence electrons. The summed E-state index contributed by atoms with van der Waals surface area (Å²) in [6, 6.07) is 8.18. The Morgan fingerprint density at radius 2 is 2.00 bits per heavy atom. The topological polar surface area (TPSA) is 109 Å². The summed E-state index contributed by atoms with van der Waals surface area (Å²) in [5.74, 6) is 1.02. The lowest BCUT2D eigenvalue weighted by atomic mass is 10.1. The van der Waals surface area contributed by atoms with Crippen LogP contribution in [0.1, 0.15) is 10.4 Å². The number of ether oxygens (including phenoxy) is 2. The molecule has 26 heavy (non-hydrogen) atoms. The molecule has 1 N–H and O–H groups in total. The minimum absolute atomic E-state index is 0.0227. The molecule has 2 aromatic carbocycles. The monoisotopic (exact) mass is 352 g/mol. The van der Waals surface area contributed by atoms with E-state index in [2.05, 4.69) is 10.3 Å². The quantitative estimate of drug-likeness (QED) is 0.559. The van der Waals surface area contributed by atoms with Crippen molar-refractivity contribution in [2.24, 2.45) is 0 Å². The lowest BCUT2D eigenvalue weighted by Gasteiger charge is -2.08. The highest BCUT2D eigenvalue weighted by molar-refractivity contribution is 6.06. The van der Waals surface area contributed by atoms with Crippen molar-refractivity contribution in [1.82, 2.24) is 14.9 Å². The van der Waals surface area contributed by atoms with Crippen LogP contribution >= 0.6 is 0 Å². The fourth-order valence-corrected chi connectivity index (χ4v) is 3.43. The van der Waals surface area contributed by atoms with Gasteiger partial charge in [0, 0.05) is 19.2 Å². The molecular formula is C17H12N4O5. The molecule has 2 aliphatic heterocycles. The van der Waals surface area contributed by atoms with Crippen LogP contribution in [0.2, 0.25) is 0 Å². The van der Waals surface area contributed by atoms with Gasteiger partial charge in [-0.15, -0.1) is 0 Å². The van der Waals surface area contributed by atoms with Gasteiger partial charge in [-0.2, -0.15) is 0 Å². The molecule has 5 rings (SSSR count). The van der Waals surface area contributed by atoms with Crippen molar-refractivity contribution in [2.45, 2.75) is 6.54 Å². The van der Waals surface area contributed by atoms with Crippen molar-refractivity contribution in [3.63, 3.8) is 0 Å². The molecule has 1 aromatic heterocycles. The molecule has 3 heterocycles. The molecule has 0 unspecified atom stereocenters. The smallest absolute Gasteiger partial charge is 0.284 e. The summed E-state index contributed by atoms with van der Waals surface area (Å²) in [5.41, 5.74) is 2.00. The summed E-state index contributed by atoms with van der Waals surface area (Å²) < 4.78 is 12.5.